The van der Waals surface area contributed by atoms with Crippen LogP contribution in [0.3, 0.4) is 0 Å². The van der Waals surface area contributed by atoms with Crippen molar-refractivity contribution in [1.82, 2.24) is 10.3 Å². The Bertz CT molecular complexity index is 570. The fourth-order valence-corrected chi connectivity index (χ4v) is 3.38. The van der Waals surface area contributed by atoms with Crippen LogP contribution in [0.4, 0.5) is 4.39 Å². The third kappa shape index (κ3) is 4.82. The fraction of sp³-hybridized carbons (Fsp3) is 0.333. The summed E-state index contributed by atoms with van der Waals surface area (Å²) in [6.45, 7) is 4.06. The molecule has 0 fully saturated rings. The van der Waals surface area contributed by atoms with E-state index in [0.29, 0.717) is 5.75 Å². The number of aromatic nitrogens is 1. The van der Waals surface area contributed by atoms with E-state index < -0.39 is 0 Å². The lowest BCUT2D eigenvalue weighted by molar-refractivity contribution is -0.119. The van der Waals surface area contributed by atoms with Crippen molar-refractivity contribution in [2.45, 2.75) is 24.2 Å². The van der Waals surface area contributed by atoms with Gasteiger partial charge < -0.3 is 5.32 Å². The Balaban J connectivity index is 1.96. The lowest BCUT2D eigenvalue weighted by atomic mass is 9.96. The van der Waals surface area contributed by atoms with E-state index in [-0.39, 0.29) is 23.7 Å². The van der Waals surface area contributed by atoms with Crippen LogP contribution in [-0.4, -0.2) is 16.6 Å². The van der Waals surface area contributed by atoms with Gasteiger partial charge in [-0.15, -0.1) is 11.3 Å². The van der Waals surface area contributed by atoms with E-state index in [1.807, 2.05) is 19.2 Å². The number of carbonyl (C=O) groups excluding carboxylic acids is 1. The Morgan fingerprint density at radius 1 is 1.38 bits per heavy atom. The van der Waals surface area contributed by atoms with E-state index in [9.17, 15) is 9.18 Å². The molecule has 0 bridgehead atoms. The minimum atomic E-state index is -0.271. The first-order valence-electron chi connectivity index (χ1n) is 6.63. The Morgan fingerprint density at radius 2 is 2.10 bits per heavy atom. The van der Waals surface area contributed by atoms with Gasteiger partial charge in [-0.05, 0) is 23.6 Å². The molecule has 0 spiro atoms. The summed E-state index contributed by atoms with van der Waals surface area (Å²) >= 11 is 2.94. The number of benzene rings is 1. The molecule has 1 unspecified atom stereocenters. The van der Waals surface area contributed by atoms with E-state index in [1.54, 1.807) is 18.3 Å². The average molecular weight is 324 g/mol. The number of nitrogens with one attached hydrogen (secondary N) is 1. The lowest BCUT2D eigenvalue weighted by Gasteiger charge is -2.22. The highest BCUT2D eigenvalue weighted by Crippen LogP contribution is 2.23. The van der Waals surface area contributed by atoms with Crippen LogP contribution in [0, 0.1) is 11.7 Å². The van der Waals surface area contributed by atoms with E-state index in [4.69, 9.17) is 0 Å². The molecular weight excluding hydrogens is 307 g/mol. The largest absolute Gasteiger partial charge is 0.348 e. The number of nitrogens with zero attached hydrogens (tertiary/aromatic N) is 1. The van der Waals surface area contributed by atoms with Crippen LogP contribution < -0.4 is 5.32 Å². The highest BCUT2D eigenvalue weighted by atomic mass is 32.2. The van der Waals surface area contributed by atoms with Gasteiger partial charge in [-0.25, -0.2) is 9.37 Å². The molecule has 3 nitrogen and oxygen atoms in total. The van der Waals surface area contributed by atoms with Crippen LogP contribution in [0.25, 0.3) is 0 Å². The maximum absolute atomic E-state index is 13.0. The minimum absolute atomic E-state index is 0.0433. The summed E-state index contributed by atoms with van der Waals surface area (Å²) < 4.78 is 13.9. The molecule has 112 valence electrons. The second-order valence-electron chi connectivity index (χ2n) is 4.93. The van der Waals surface area contributed by atoms with Gasteiger partial charge in [0.1, 0.15) is 10.2 Å². The summed E-state index contributed by atoms with van der Waals surface area (Å²) in [6.07, 6.45) is 1.72. The molecule has 2 aromatic rings. The zero-order valence-electron chi connectivity index (χ0n) is 11.9. The van der Waals surface area contributed by atoms with E-state index in [0.717, 1.165) is 9.90 Å². The molecule has 0 saturated heterocycles. The quantitative estimate of drug-likeness (QED) is 0.820. The van der Waals surface area contributed by atoms with Crippen LogP contribution in [0.15, 0.2) is 40.2 Å². The molecule has 21 heavy (non-hydrogen) atoms. The Morgan fingerprint density at radius 3 is 2.67 bits per heavy atom. The summed E-state index contributed by atoms with van der Waals surface area (Å²) in [5.74, 6) is 0.243. The van der Waals surface area contributed by atoms with Gasteiger partial charge in [0, 0.05) is 11.6 Å². The molecule has 0 aliphatic rings. The molecule has 1 N–H and O–H groups in total. The van der Waals surface area contributed by atoms with Crippen LogP contribution in [-0.2, 0) is 4.79 Å². The maximum Gasteiger partial charge on any atom is 0.230 e. The predicted molar refractivity (Wildman–Crippen MR) is 85.0 cm³/mol. The number of rotatable bonds is 6. The second-order valence-corrected chi connectivity index (χ2v) is 7.04. The van der Waals surface area contributed by atoms with Gasteiger partial charge in [-0.3, -0.25) is 4.79 Å². The maximum atomic E-state index is 13.0. The van der Waals surface area contributed by atoms with E-state index >= 15 is 0 Å². The Hall–Kier alpha value is -1.40. The summed E-state index contributed by atoms with van der Waals surface area (Å²) in [7, 11) is 0. The number of carbonyl (C=O) groups is 1. The second kappa shape index (κ2) is 7.56. The molecule has 1 heterocycles. The van der Waals surface area contributed by atoms with Gasteiger partial charge in [0.2, 0.25) is 5.91 Å². The van der Waals surface area contributed by atoms with Crippen LogP contribution >= 0.6 is 23.1 Å². The van der Waals surface area contributed by atoms with Crippen molar-refractivity contribution in [3.63, 3.8) is 0 Å². The normalized spacial score (nSPS) is 12.4. The first-order valence-corrected chi connectivity index (χ1v) is 8.50. The zero-order chi connectivity index (χ0) is 15.2. The van der Waals surface area contributed by atoms with Gasteiger partial charge in [0.15, 0.2) is 0 Å². The first kappa shape index (κ1) is 16.0. The van der Waals surface area contributed by atoms with E-state index in [1.165, 1.54) is 35.2 Å². The standard InChI is InChI=1S/C15H17FN2OS2/c1-10(2)14(11-3-5-12(16)6-4-11)18-13(19)9-21-15-17-7-8-20-15/h3-8,10,14H,9H2,1-2H3,(H,18,19). The molecule has 0 saturated carbocycles. The van der Waals surface area contributed by atoms with Crippen molar-refractivity contribution < 1.29 is 9.18 Å². The number of hydrogen-bond donors (Lipinski definition) is 1. The van der Waals surface area contributed by atoms with Crippen molar-refractivity contribution in [2.24, 2.45) is 5.92 Å². The van der Waals surface area contributed by atoms with Crippen molar-refractivity contribution in [3.05, 3.63) is 47.2 Å². The van der Waals surface area contributed by atoms with Crippen molar-refractivity contribution in [3.8, 4) is 0 Å². The topological polar surface area (TPSA) is 42.0 Å². The number of hydrogen-bond acceptors (Lipinski definition) is 4. The molecule has 1 atom stereocenters. The zero-order valence-corrected chi connectivity index (χ0v) is 13.5. The van der Waals surface area contributed by atoms with Crippen LogP contribution in [0.1, 0.15) is 25.5 Å². The lowest BCUT2D eigenvalue weighted by Crippen LogP contribution is -2.32. The summed E-state index contributed by atoms with van der Waals surface area (Å²) in [5.41, 5.74) is 0.916. The predicted octanol–water partition coefficient (Wildman–Crippen LogP) is 3.89. The molecular formula is C15H17FN2OS2. The molecule has 0 aliphatic heterocycles. The number of amides is 1. The van der Waals surface area contributed by atoms with Gasteiger partial charge in [0.25, 0.3) is 0 Å². The molecule has 0 aliphatic carbocycles. The van der Waals surface area contributed by atoms with Crippen molar-refractivity contribution >= 4 is 29.0 Å². The number of halogens is 1. The third-order valence-electron chi connectivity index (χ3n) is 2.95. The SMILES string of the molecule is CC(C)C(NC(=O)CSc1nccs1)c1ccc(F)cc1. The van der Waals surface area contributed by atoms with Gasteiger partial charge in [-0.1, -0.05) is 37.7 Å². The van der Waals surface area contributed by atoms with E-state index in [2.05, 4.69) is 10.3 Å². The van der Waals surface area contributed by atoms with Crippen molar-refractivity contribution in [2.75, 3.05) is 5.75 Å². The molecule has 1 aromatic heterocycles. The summed E-state index contributed by atoms with van der Waals surface area (Å²) in [4.78, 5) is 16.2. The minimum Gasteiger partial charge on any atom is -0.348 e. The third-order valence-corrected chi connectivity index (χ3v) is 4.91. The summed E-state index contributed by atoms with van der Waals surface area (Å²) in [6, 6.07) is 6.15. The highest BCUT2D eigenvalue weighted by Gasteiger charge is 2.18. The average Bonchev–Trinajstić information content (AvgIpc) is 2.97. The van der Waals surface area contributed by atoms with Gasteiger partial charge in [0.05, 0.1) is 11.8 Å². The number of thiazole rings is 1. The molecule has 1 aromatic carbocycles. The summed E-state index contributed by atoms with van der Waals surface area (Å²) in [5, 5.41) is 4.89. The van der Waals surface area contributed by atoms with Crippen molar-refractivity contribution in [1.29, 1.82) is 0 Å². The smallest absolute Gasteiger partial charge is 0.230 e. The van der Waals surface area contributed by atoms with Crippen LogP contribution in [0.5, 0.6) is 0 Å². The molecule has 6 heteroatoms. The van der Waals surface area contributed by atoms with Crippen LogP contribution in [0.2, 0.25) is 0 Å². The van der Waals surface area contributed by atoms with Gasteiger partial charge >= 0.3 is 0 Å². The van der Waals surface area contributed by atoms with Gasteiger partial charge in [-0.2, -0.15) is 0 Å². The molecule has 1 amide bonds. The fourth-order valence-electron chi connectivity index (χ4n) is 1.93. The Kier molecular flexibility index (Phi) is 5.76. The first-order chi connectivity index (χ1) is 10.1. The molecule has 0 radical (unpaired) electrons. The Labute approximate surface area is 132 Å². The highest BCUT2D eigenvalue weighted by molar-refractivity contribution is 8.01. The number of thioether (sulfide) groups is 1. The monoisotopic (exact) mass is 324 g/mol. The molecule has 2 rings (SSSR count).